The number of aliphatic hydroxyl groups is 1. The maximum absolute atomic E-state index is 14.0. The number of halogens is 6. The lowest BCUT2D eigenvalue weighted by atomic mass is 9.91. The molecule has 0 bridgehead atoms. The van der Waals surface area contributed by atoms with Gasteiger partial charge >= 0.3 is 6.18 Å². The summed E-state index contributed by atoms with van der Waals surface area (Å²) in [5.41, 5.74) is -0.276. The van der Waals surface area contributed by atoms with Crippen LogP contribution in [-0.4, -0.2) is 24.0 Å². The van der Waals surface area contributed by atoms with Gasteiger partial charge in [0.1, 0.15) is 11.6 Å². The molecule has 3 aromatic rings. The minimum absolute atomic E-state index is 0.167. The lowest BCUT2D eigenvalue weighted by molar-refractivity contribution is -0.137. The van der Waals surface area contributed by atoms with Gasteiger partial charge in [-0.1, -0.05) is 11.6 Å². The number of ether oxygens (including phenoxy) is 1. The monoisotopic (exact) mass is 527 g/mol. The van der Waals surface area contributed by atoms with Gasteiger partial charge in [0.15, 0.2) is 11.5 Å². The fraction of sp³-hybridized carbons (Fsp3) is 0.130. The van der Waals surface area contributed by atoms with E-state index in [-0.39, 0.29) is 44.9 Å². The van der Waals surface area contributed by atoms with Crippen molar-refractivity contribution in [2.45, 2.75) is 11.9 Å². The Hall–Kier alpha value is -3.90. The van der Waals surface area contributed by atoms with Gasteiger partial charge in [-0.25, -0.2) is 8.78 Å². The lowest BCUT2D eigenvalue weighted by Gasteiger charge is -2.28. The number of nitrogens with two attached hydrogens (primary N) is 1. The molecule has 1 aliphatic heterocycles. The van der Waals surface area contributed by atoms with Crippen molar-refractivity contribution in [3.8, 4) is 5.75 Å². The van der Waals surface area contributed by atoms with E-state index in [4.69, 9.17) is 22.1 Å². The average molecular weight is 528 g/mol. The third-order valence-electron chi connectivity index (χ3n) is 5.45. The molecule has 0 fully saturated rings. The molecule has 0 aliphatic carbocycles. The van der Waals surface area contributed by atoms with Crippen molar-refractivity contribution in [2.75, 3.05) is 18.2 Å². The van der Waals surface area contributed by atoms with Crippen LogP contribution < -0.4 is 21.1 Å². The van der Waals surface area contributed by atoms with Crippen LogP contribution in [0.15, 0.2) is 42.5 Å². The highest BCUT2D eigenvalue weighted by atomic mass is 35.5. The van der Waals surface area contributed by atoms with E-state index in [2.05, 4.69) is 10.6 Å². The Kier molecular flexibility index (Phi) is 6.05. The van der Waals surface area contributed by atoms with Crippen molar-refractivity contribution in [1.82, 2.24) is 5.32 Å². The van der Waals surface area contributed by atoms with Gasteiger partial charge in [-0.05, 0) is 42.5 Å². The van der Waals surface area contributed by atoms with Crippen LogP contribution in [-0.2, 0) is 11.9 Å². The summed E-state index contributed by atoms with van der Waals surface area (Å²) in [6, 6.07) is 5.23. The molecule has 188 valence electrons. The molecule has 0 radical (unpaired) electrons. The number of alkyl halides is 3. The topological polar surface area (TPSA) is 114 Å². The zero-order chi connectivity index (χ0) is 26.6. The normalized spacial score (nSPS) is 16.9. The van der Waals surface area contributed by atoms with Gasteiger partial charge in [0.25, 0.3) is 11.8 Å². The summed E-state index contributed by atoms with van der Waals surface area (Å²) in [5, 5.41) is 15.8. The van der Waals surface area contributed by atoms with Gasteiger partial charge in [-0.3, -0.25) is 9.59 Å². The standard InChI is InChI=1S/C23H15ClF5N3O4/c1-36-19-15(30)8-16(31-20(33)9-4-10(23(27,28)29)6-12(26)5-9)18-17(19)21(34)32-22(18,35)13-7-11(25)2-3-14(13)24/h2-8,35H,30H2,1H3,(H,31,33)(H,32,34). The minimum Gasteiger partial charge on any atom is -0.494 e. The van der Waals surface area contributed by atoms with E-state index in [9.17, 15) is 36.6 Å². The van der Waals surface area contributed by atoms with E-state index in [1.807, 2.05) is 0 Å². The molecule has 1 aliphatic rings. The molecule has 2 amide bonds. The molecule has 4 rings (SSSR count). The highest BCUT2D eigenvalue weighted by Crippen LogP contribution is 2.47. The SMILES string of the molecule is COc1c(N)cc(NC(=O)c2cc(F)cc(C(F)(F)F)c2)c2c1C(=O)NC2(O)c1cc(F)ccc1Cl. The fourth-order valence-electron chi connectivity index (χ4n) is 3.94. The molecular weight excluding hydrogens is 513 g/mol. The van der Waals surface area contributed by atoms with Crippen molar-refractivity contribution >= 4 is 34.8 Å². The second-order valence-electron chi connectivity index (χ2n) is 7.77. The van der Waals surface area contributed by atoms with Crippen LogP contribution in [0.4, 0.5) is 33.3 Å². The van der Waals surface area contributed by atoms with Crippen LogP contribution >= 0.6 is 11.6 Å². The Morgan fingerprint density at radius 2 is 1.83 bits per heavy atom. The highest BCUT2D eigenvalue weighted by Gasteiger charge is 2.49. The second-order valence-corrected chi connectivity index (χ2v) is 8.17. The molecule has 1 unspecified atom stereocenters. The number of carbonyl (C=O) groups is 2. The van der Waals surface area contributed by atoms with Crippen LogP contribution in [0.25, 0.3) is 0 Å². The number of methoxy groups -OCH3 is 1. The van der Waals surface area contributed by atoms with Gasteiger partial charge in [-0.2, -0.15) is 13.2 Å². The predicted octanol–water partition coefficient (Wildman–Crippen LogP) is 4.42. The largest absolute Gasteiger partial charge is 0.494 e. The minimum atomic E-state index is -4.94. The number of hydrogen-bond donors (Lipinski definition) is 4. The van der Waals surface area contributed by atoms with Gasteiger partial charge in [-0.15, -0.1) is 0 Å². The zero-order valence-electron chi connectivity index (χ0n) is 18.1. The maximum Gasteiger partial charge on any atom is 0.416 e. The molecule has 13 heteroatoms. The molecule has 7 nitrogen and oxygen atoms in total. The summed E-state index contributed by atoms with van der Waals surface area (Å²) in [7, 11) is 1.18. The summed E-state index contributed by atoms with van der Waals surface area (Å²) in [6.45, 7) is 0. The Morgan fingerprint density at radius 3 is 2.47 bits per heavy atom. The van der Waals surface area contributed by atoms with Gasteiger partial charge < -0.3 is 26.2 Å². The summed E-state index contributed by atoms with van der Waals surface area (Å²) in [4.78, 5) is 25.7. The molecule has 0 saturated heterocycles. The number of anilines is 2. The molecule has 0 saturated carbocycles. The quantitative estimate of drug-likeness (QED) is 0.296. The summed E-state index contributed by atoms with van der Waals surface area (Å²) in [6.07, 6.45) is -4.94. The average Bonchev–Trinajstić information content (AvgIpc) is 3.06. The number of amides is 2. The second kappa shape index (κ2) is 8.64. The van der Waals surface area contributed by atoms with E-state index in [1.54, 1.807) is 0 Å². The number of nitrogen functional groups attached to an aromatic ring is 1. The summed E-state index contributed by atoms with van der Waals surface area (Å²) >= 11 is 6.15. The first-order valence-electron chi connectivity index (χ1n) is 9.96. The molecule has 3 aromatic carbocycles. The first-order valence-corrected chi connectivity index (χ1v) is 10.3. The van der Waals surface area contributed by atoms with Crippen LogP contribution in [0.2, 0.25) is 5.02 Å². The fourth-order valence-corrected chi connectivity index (χ4v) is 4.20. The predicted molar refractivity (Wildman–Crippen MR) is 119 cm³/mol. The van der Waals surface area contributed by atoms with Crippen LogP contribution in [0.3, 0.4) is 0 Å². The van der Waals surface area contributed by atoms with Crippen molar-refractivity contribution in [3.63, 3.8) is 0 Å². The third kappa shape index (κ3) is 4.18. The Morgan fingerprint density at radius 1 is 1.14 bits per heavy atom. The van der Waals surface area contributed by atoms with Crippen LogP contribution in [0, 0.1) is 11.6 Å². The van der Waals surface area contributed by atoms with Gasteiger partial charge in [0.2, 0.25) is 0 Å². The van der Waals surface area contributed by atoms with E-state index in [0.717, 1.165) is 24.3 Å². The number of hydrogen-bond acceptors (Lipinski definition) is 5. The Labute approximate surface area is 204 Å². The zero-order valence-corrected chi connectivity index (χ0v) is 18.8. The highest BCUT2D eigenvalue weighted by molar-refractivity contribution is 6.31. The molecular formula is C23H15ClF5N3O4. The number of fused-ring (bicyclic) bond motifs is 1. The smallest absolute Gasteiger partial charge is 0.416 e. The molecule has 0 spiro atoms. The van der Waals surface area contributed by atoms with E-state index < -0.39 is 46.5 Å². The van der Waals surface area contributed by atoms with Crippen molar-refractivity contribution < 1.29 is 41.4 Å². The van der Waals surface area contributed by atoms with Crippen LogP contribution in [0.1, 0.15) is 37.4 Å². The van der Waals surface area contributed by atoms with Crippen LogP contribution in [0.5, 0.6) is 5.75 Å². The Balaban J connectivity index is 1.91. The molecule has 36 heavy (non-hydrogen) atoms. The molecule has 0 aromatic heterocycles. The molecule has 5 N–H and O–H groups in total. The number of nitrogens with one attached hydrogen (secondary N) is 2. The van der Waals surface area contributed by atoms with Gasteiger partial charge in [0.05, 0.1) is 29.6 Å². The van der Waals surface area contributed by atoms with E-state index in [0.29, 0.717) is 12.1 Å². The number of benzene rings is 3. The first-order chi connectivity index (χ1) is 16.8. The van der Waals surface area contributed by atoms with E-state index >= 15 is 0 Å². The summed E-state index contributed by atoms with van der Waals surface area (Å²) in [5.74, 6) is -4.50. The first kappa shape index (κ1) is 25.2. The van der Waals surface area contributed by atoms with Crippen molar-refractivity contribution in [2.24, 2.45) is 0 Å². The summed E-state index contributed by atoms with van der Waals surface area (Å²) < 4.78 is 72.4. The van der Waals surface area contributed by atoms with Crippen molar-refractivity contribution in [1.29, 1.82) is 0 Å². The van der Waals surface area contributed by atoms with E-state index in [1.165, 1.54) is 7.11 Å². The number of carbonyl (C=O) groups excluding carboxylic acids is 2. The van der Waals surface area contributed by atoms with Crippen molar-refractivity contribution in [3.05, 3.63) is 86.9 Å². The Bertz CT molecular complexity index is 1430. The number of rotatable bonds is 4. The third-order valence-corrected chi connectivity index (χ3v) is 5.78. The van der Waals surface area contributed by atoms with Gasteiger partial charge in [0, 0.05) is 21.7 Å². The molecule has 1 heterocycles. The lowest BCUT2D eigenvalue weighted by Crippen LogP contribution is -2.41. The maximum atomic E-state index is 14.0. The molecule has 1 atom stereocenters.